The zero-order valence-corrected chi connectivity index (χ0v) is 14.6. The Labute approximate surface area is 139 Å². The van der Waals surface area contributed by atoms with Crippen LogP contribution < -0.4 is 5.32 Å². The first-order chi connectivity index (χ1) is 10.2. The normalized spacial score (nSPS) is 20.1. The zero-order valence-electron chi connectivity index (χ0n) is 12.2. The van der Waals surface area contributed by atoms with Crippen LogP contribution >= 0.6 is 23.8 Å². The summed E-state index contributed by atoms with van der Waals surface area (Å²) in [5, 5.41) is 6.76. The Bertz CT molecular complexity index is 682. The summed E-state index contributed by atoms with van der Waals surface area (Å²) in [7, 11) is 0.557. The van der Waals surface area contributed by atoms with Gasteiger partial charge in [0.15, 0.2) is 14.9 Å². The quantitative estimate of drug-likeness (QED) is 0.654. The fourth-order valence-electron chi connectivity index (χ4n) is 2.40. The van der Waals surface area contributed by atoms with Crippen LogP contribution in [0.1, 0.15) is 6.42 Å². The van der Waals surface area contributed by atoms with Gasteiger partial charge in [0, 0.05) is 19.8 Å². The molecule has 1 atom stereocenters. The first kappa shape index (κ1) is 17.4. The van der Waals surface area contributed by atoms with E-state index in [0.29, 0.717) is 17.2 Å². The summed E-state index contributed by atoms with van der Waals surface area (Å²) in [6.07, 6.45) is 0.520. The summed E-state index contributed by atoms with van der Waals surface area (Å²) >= 11 is 11.1. The third-order valence-electron chi connectivity index (χ3n) is 3.36. The molecule has 0 saturated carbocycles. The molecular formula is C13H17ClFN3O2S2. The molecule has 0 aliphatic carbocycles. The van der Waals surface area contributed by atoms with Gasteiger partial charge in [0.2, 0.25) is 0 Å². The average Bonchev–Trinajstić information content (AvgIpc) is 2.73. The van der Waals surface area contributed by atoms with Gasteiger partial charge in [-0.15, -0.1) is 0 Å². The molecule has 5 nitrogen and oxygen atoms in total. The van der Waals surface area contributed by atoms with Gasteiger partial charge >= 0.3 is 0 Å². The molecule has 122 valence electrons. The van der Waals surface area contributed by atoms with Crippen molar-refractivity contribution in [1.82, 2.24) is 10.0 Å². The molecule has 1 aromatic carbocycles. The number of nitrogens with one attached hydrogen (secondary N) is 1. The van der Waals surface area contributed by atoms with Crippen molar-refractivity contribution < 1.29 is 12.8 Å². The third-order valence-corrected chi connectivity index (χ3v) is 5.69. The van der Waals surface area contributed by atoms with E-state index in [9.17, 15) is 12.8 Å². The van der Waals surface area contributed by atoms with Crippen molar-refractivity contribution in [2.45, 2.75) is 12.5 Å². The smallest absolute Gasteiger partial charge is 0.188 e. The highest BCUT2D eigenvalue weighted by molar-refractivity contribution is 7.91. The monoisotopic (exact) mass is 365 g/mol. The summed E-state index contributed by atoms with van der Waals surface area (Å²) in [4.78, 5) is 0. The van der Waals surface area contributed by atoms with Crippen molar-refractivity contribution in [2.24, 2.45) is 0 Å². The van der Waals surface area contributed by atoms with Crippen molar-refractivity contribution in [3.63, 3.8) is 0 Å². The first-order valence-electron chi connectivity index (χ1n) is 6.62. The molecule has 1 fully saturated rings. The highest BCUT2D eigenvalue weighted by Crippen LogP contribution is 2.22. The van der Waals surface area contributed by atoms with Gasteiger partial charge in [-0.1, -0.05) is 11.6 Å². The second kappa shape index (κ2) is 6.66. The highest BCUT2D eigenvalue weighted by Gasteiger charge is 2.34. The van der Waals surface area contributed by atoms with E-state index in [4.69, 9.17) is 23.8 Å². The largest absolute Gasteiger partial charge is 0.331 e. The molecule has 0 amide bonds. The van der Waals surface area contributed by atoms with Crippen molar-refractivity contribution in [1.29, 1.82) is 0 Å². The zero-order chi connectivity index (χ0) is 16.5. The number of rotatable bonds is 3. The van der Waals surface area contributed by atoms with Crippen LogP contribution in [0.2, 0.25) is 5.02 Å². The Kier molecular flexibility index (Phi) is 5.26. The van der Waals surface area contributed by atoms with Gasteiger partial charge in [-0.2, -0.15) is 0 Å². The molecule has 0 aromatic heterocycles. The first-order valence-corrected chi connectivity index (χ1v) is 9.23. The Morgan fingerprint density at radius 3 is 2.64 bits per heavy atom. The van der Waals surface area contributed by atoms with Crippen molar-refractivity contribution in [3.8, 4) is 0 Å². The van der Waals surface area contributed by atoms with E-state index in [-0.39, 0.29) is 22.6 Å². The van der Waals surface area contributed by atoms with Gasteiger partial charge in [0.05, 0.1) is 22.6 Å². The average molecular weight is 366 g/mol. The fraction of sp³-hybridized carbons (Fsp3) is 0.462. The molecule has 0 spiro atoms. The summed E-state index contributed by atoms with van der Waals surface area (Å²) in [5.74, 6) is -0.283. The van der Waals surface area contributed by atoms with Crippen LogP contribution in [0.5, 0.6) is 0 Å². The van der Waals surface area contributed by atoms with Crippen LogP contribution in [0.25, 0.3) is 0 Å². The number of hydrazine groups is 1. The second-order valence-electron chi connectivity index (χ2n) is 5.31. The van der Waals surface area contributed by atoms with E-state index < -0.39 is 15.7 Å². The molecule has 2 rings (SSSR count). The van der Waals surface area contributed by atoms with Crippen LogP contribution in [0.4, 0.5) is 10.1 Å². The Morgan fingerprint density at radius 1 is 1.45 bits per heavy atom. The lowest BCUT2D eigenvalue weighted by Gasteiger charge is -2.36. The lowest BCUT2D eigenvalue weighted by atomic mass is 10.2. The number of hydrogen-bond acceptors (Lipinski definition) is 4. The van der Waals surface area contributed by atoms with Crippen LogP contribution in [-0.2, 0) is 9.84 Å². The molecule has 9 heteroatoms. The number of anilines is 1. The van der Waals surface area contributed by atoms with Gasteiger partial charge in [-0.05, 0) is 36.8 Å². The maximum atomic E-state index is 13.2. The molecule has 1 aromatic rings. The minimum Gasteiger partial charge on any atom is -0.331 e. The maximum absolute atomic E-state index is 13.2. The predicted molar refractivity (Wildman–Crippen MR) is 90.2 cm³/mol. The van der Waals surface area contributed by atoms with E-state index in [1.54, 1.807) is 24.1 Å². The molecule has 0 unspecified atom stereocenters. The standard InChI is InChI=1S/C13H17ClFN3O2S2/c1-17(2)18(10-5-6-22(19,20)8-10)13(21)16-9-3-4-12(15)11(14)7-9/h3-4,7,10H,5-6,8H2,1-2H3,(H,16,21)/t10-/m1/s1. The lowest BCUT2D eigenvalue weighted by molar-refractivity contribution is 0.0757. The summed E-state index contributed by atoms with van der Waals surface area (Å²) in [6.45, 7) is 0. The third kappa shape index (κ3) is 4.07. The number of thiocarbonyl (C=S) groups is 1. The molecule has 1 aliphatic heterocycles. The topological polar surface area (TPSA) is 52.6 Å². The van der Waals surface area contributed by atoms with Gasteiger partial charge < -0.3 is 5.32 Å². The SMILES string of the molecule is CN(C)N(C(=S)Nc1ccc(F)c(Cl)c1)[C@@H]1CCS(=O)(=O)C1. The molecule has 1 aliphatic rings. The van der Waals surface area contributed by atoms with E-state index in [2.05, 4.69) is 5.32 Å². The molecular weight excluding hydrogens is 349 g/mol. The number of benzene rings is 1. The van der Waals surface area contributed by atoms with Gasteiger partial charge in [0.25, 0.3) is 0 Å². The van der Waals surface area contributed by atoms with Gasteiger partial charge in [-0.25, -0.2) is 17.8 Å². The molecule has 0 bridgehead atoms. The summed E-state index contributed by atoms with van der Waals surface area (Å²) in [6, 6.07) is 3.98. The van der Waals surface area contributed by atoms with Gasteiger partial charge in [-0.3, -0.25) is 5.01 Å². The van der Waals surface area contributed by atoms with Crippen LogP contribution in [0.15, 0.2) is 18.2 Å². The Hall–Kier alpha value is -0.960. The lowest BCUT2D eigenvalue weighted by Crippen LogP contribution is -2.51. The number of nitrogens with zero attached hydrogens (tertiary/aromatic N) is 2. The van der Waals surface area contributed by atoms with E-state index in [1.807, 2.05) is 0 Å². The number of hydrogen-bond donors (Lipinski definition) is 1. The van der Waals surface area contributed by atoms with Crippen molar-refractivity contribution in [3.05, 3.63) is 29.0 Å². The minimum absolute atomic E-state index is 0.00681. The molecule has 1 heterocycles. The molecule has 1 N–H and O–H groups in total. The molecule has 1 saturated heterocycles. The maximum Gasteiger partial charge on any atom is 0.188 e. The van der Waals surface area contributed by atoms with Crippen LogP contribution in [0, 0.1) is 5.82 Å². The van der Waals surface area contributed by atoms with E-state index in [1.165, 1.54) is 18.2 Å². The van der Waals surface area contributed by atoms with Crippen molar-refractivity contribution >= 4 is 44.5 Å². The van der Waals surface area contributed by atoms with E-state index in [0.717, 1.165) is 0 Å². The van der Waals surface area contributed by atoms with E-state index >= 15 is 0 Å². The summed E-state index contributed by atoms with van der Waals surface area (Å²) in [5.41, 5.74) is 0.545. The second-order valence-corrected chi connectivity index (χ2v) is 8.33. The minimum atomic E-state index is -3.02. The highest BCUT2D eigenvalue weighted by atomic mass is 35.5. The van der Waals surface area contributed by atoms with Crippen molar-refractivity contribution in [2.75, 3.05) is 30.9 Å². The Morgan fingerprint density at radius 2 is 2.14 bits per heavy atom. The predicted octanol–water partition coefficient (Wildman–Crippen LogP) is 2.14. The fourth-order valence-corrected chi connectivity index (χ4v) is 4.70. The molecule has 0 radical (unpaired) electrons. The Balaban J connectivity index is 2.15. The van der Waals surface area contributed by atoms with Crippen LogP contribution in [-0.4, -0.2) is 55.2 Å². The number of sulfone groups is 1. The number of halogens is 2. The van der Waals surface area contributed by atoms with Crippen LogP contribution in [0.3, 0.4) is 0 Å². The van der Waals surface area contributed by atoms with Gasteiger partial charge in [0.1, 0.15) is 5.82 Å². The summed E-state index contributed by atoms with van der Waals surface area (Å²) < 4.78 is 36.5. The molecule has 22 heavy (non-hydrogen) atoms.